The van der Waals surface area contributed by atoms with E-state index in [-0.39, 0.29) is 13.2 Å². The van der Waals surface area contributed by atoms with Crippen LogP contribution in [-0.4, -0.2) is 39.4 Å². The highest BCUT2D eigenvalue weighted by atomic mass is 16.5. The lowest BCUT2D eigenvalue weighted by Gasteiger charge is -2.14. The Balaban J connectivity index is 2.14. The van der Waals surface area contributed by atoms with Crippen LogP contribution >= 0.6 is 0 Å². The van der Waals surface area contributed by atoms with Gasteiger partial charge in [-0.05, 0) is 17.7 Å². The summed E-state index contributed by atoms with van der Waals surface area (Å²) in [5, 5.41) is 26.7. The van der Waals surface area contributed by atoms with E-state index in [1.807, 2.05) is 0 Å². The predicted molar refractivity (Wildman–Crippen MR) is 70.5 cm³/mol. The van der Waals surface area contributed by atoms with Crippen LogP contribution < -0.4 is 9.47 Å². The van der Waals surface area contributed by atoms with Gasteiger partial charge in [-0.15, -0.1) is 5.10 Å². The van der Waals surface area contributed by atoms with E-state index in [0.29, 0.717) is 22.8 Å². The average Bonchev–Trinajstić information content (AvgIpc) is 2.94. The van der Waals surface area contributed by atoms with E-state index < -0.39 is 6.10 Å². The van der Waals surface area contributed by atoms with E-state index in [9.17, 15) is 5.11 Å². The van der Waals surface area contributed by atoms with E-state index in [1.165, 1.54) is 4.68 Å². The van der Waals surface area contributed by atoms with E-state index in [4.69, 9.17) is 14.6 Å². The van der Waals surface area contributed by atoms with E-state index >= 15 is 0 Å². The smallest absolute Gasteiger partial charge is 0.161 e. The van der Waals surface area contributed by atoms with Crippen LogP contribution in [0.2, 0.25) is 0 Å². The molecular formula is C13H17N3O4. The Morgan fingerprint density at radius 3 is 2.60 bits per heavy atom. The van der Waals surface area contributed by atoms with Crippen molar-refractivity contribution in [1.29, 1.82) is 0 Å². The highest BCUT2D eigenvalue weighted by molar-refractivity contribution is 5.43. The standard InChI is InChI=1S/C13H17N3O4/c1-19-12-4-3-9(5-13(12)20-2)11(18)7-16-6-10(8-17)14-15-16/h3-6,11,17-18H,7-8H2,1-2H3. The van der Waals surface area contributed by atoms with E-state index in [1.54, 1.807) is 38.6 Å². The van der Waals surface area contributed by atoms with Crippen LogP contribution in [0.4, 0.5) is 0 Å². The van der Waals surface area contributed by atoms with Gasteiger partial charge in [0, 0.05) is 0 Å². The summed E-state index contributed by atoms with van der Waals surface area (Å²) >= 11 is 0. The Bertz CT molecular complexity index is 570. The maximum Gasteiger partial charge on any atom is 0.161 e. The monoisotopic (exact) mass is 279 g/mol. The Hall–Kier alpha value is -2.12. The topological polar surface area (TPSA) is 89.6 Å². The van der Waals surface area contributed by atoms with Gasteiger partial charge in [0.25, 0.3) is 0 Å². The number of aliphatic hydroxyl groups is 2. The fourth-order valence-electron chi connectivity index (χ4n) is 1.84. The van der Waals surface area contributed by atoms with Crippen molar-refractivity contribution in [1.82, 2.24) is 15.0 Å². The fourth-order valence-corrected chi connectivity index (χ4v) is 1.84. The molecule has 0 aliphatic rings. The Morgan fingerprint density at radius 1 is 1.25 bits per heavy atom. The molecule has 0 fully saturated rings. The summed E-state index contributed by atoms with van der Waals surface area (Å²) in [6, 6.07) is 5.21. The minimum atomic E-state index is -0.761. The van der Waals surface area contributed by atoms with Crippen LogP contribution in [0.25, 0.3) is 0 Å². The lowest BCUT2D eigenvalue weighted by molar-refractivity contribution is 0.150. The molecule has 0 spiro atoms. The maximum atomic E-state index is 10.2. The third-order valence-corrected chi connectivity index (χ3v) is 2.90. The van der Waals surface area contributed by atoms with Gasteiger partial charge in [0.1, 0.15) is 5.69 Å². The number of methoxy groups -OCH3 is 2. The van der Waals surface area contributed by atoms with Crippen molar-refractivity contribution in [3.63, 3.8) is 0 Å². The maximum absolute atomic E-state index is 10.2. The van der Waals surface area contributed by atoms with E-state index in [0.717, 1.165) is 0 Å². The first-order chi connectivity index (χ1) is 9.67. The minimum Gasteiger partial charge on any atom is -0.493 e. The largest absolute Gasteiger partial charge is 0.493 e. The quantitative estimate of drug-likeness (QED) is 0.801. The SMILES string of the molecule is COc1ccc(C(O)Cn2cc(CO)nn2)cc1OC. The molecule has 0 radical (unpaired) electrons. The van der Waals surface area contributed by atoms with Crippen molar-refractivity contribution in [2.45, 2.75) is 19.3 Å². The molecule has 0 saturated carbocycles. The van der Waals surface area contributed by atoms with Crippen molar-refractivity contribution in [2.75, 3.05) is 14.2 Å². The van der Waals surface area contributed by atoms with Gasteiger partial charge in [0.2, 0.25) is 0 Å². The number of benzene rings is 1. The molecule has 2 rings (SSSR count). The summed E-state index contributed by atoms with van der Waals surface area (Å²) in [5.74, 6) is 1.16. The molecular weight excluding hydrogens is 262 g/mol. The van der Waals surface area contributed by atoms with Gasteiger partial charge in [-0.1, -0.05) is 11.3 Å². The third-order valence-electron chi connectivity index (χ3n) is 2.90. The number of nitrogens with zero attached hydrogens (tertiary/aromatic N) is 3. The molecule has 1 unspecified atom stereocenters. The summed E-state index contributed by atoms with van der Waals surface area (Å²) in [6.07, 6.45) is 0.826. The van der Waals surface area contributed by atoms with Gasteiger partial charge in [0.15, 0.2) is 11.5 Å². The van der Waals surface area contributed by atoms with Crippen LogP contribution in [0.3, 0.4) is 0 Å². The number of hydrogen-bond donors (Lipinski definition) is 2. The van der Waals surface area contributed by atoms with Crippen molar-refractivity contribution in [3.05, 3.63) is 35.7 Å². The summed E-state index contributed by atoms with van der Waals surface area (Å²) < 4.78 is 11.8. The van der Waals surface area contributed by atoms with Gasteiger partial charge in [-0.3, -0.25) is 0 Å². The van der Waals surface area contributed by atoms with E-state index in [2.05, 4.69) is 10.3 Å². The summed E-state index contributed by atoms with van der Waals surface area (Å²) in [7, 11) is 3.10. The Morgan fingerprint density at radius 2 is 2.00 bits per heavy atom. The fraction of sp³-hybridized carbons (Fsp3) is 0.385. The Labute approximate surface area is 116 Å². The molecule has 1 heterocycles. The molecule has 0 amide bonds. The third kappa shape index (κ3) is 3.06. The second-order valence-electron chi connectivity index (χ2n) is 4.22. The number of hydrogen-bond acceptors (Lipinski definition) is 6. The molecule has 7 nitrogen and oxygen atoms in total. The van der Waals surface area contributed by atoms with Gasteiger partial charge < -0.3 is 19.7 Å². The van der Waals surface area contributed by atoms with Crippen molar-refractivity contribution in [3.8, 4) is 11.5 Å². The first-order valence-corrected chi connectivity index (χ1v) is 6.07. The molecule has 1 aromatic carbocycles. The molecule has 7 heteroatoms. The average molecular weight is 279 g/mol. The first kappa shape index (κ1) is 14.3. The molecule has 1 atom stereocenters. The number of aliphatic hydroxyl groups excluding tert-OH is 2. The zero-order chi connectivity index (χ0) is 14.5. The van der Waals surface area contributed by atoms with Crippen LogP contribution in [0, 0.1) is 0 Å². The molecule has 2 aromatic rings. The van der Waals surface area contributed by atoms with Gasteiger partial charge in [-0.2, -0.15) is 0 Å². The second kappa shape index (κ2) is 6.36. The Kier molecular flexibility index (Phi) is 4.54. The molecule has 1 aromatic heterocycles. The molecule has 0 saturated heterocycles. The number of ether oxygens (including phenoxy) is 2. The van der Waals surface area contributed by atoms with Crippen LogP contribution in [0.1, 0.15) is 17.4 Å². The molecule has 0 aliphatic carbocycles. The highest BCUT2D eigenvalue weighted by Gasteiger charge is 2.13. The van der Waals surface area contributed by atoms with Crippen LogP contribution in [-0.2, 0) is 13.2 Å². The summed E-state index contributed by atoms with van der Waals surface area (Å²) in [4.78, 5) is 0. The predicted octanol–water partition coefficient (Wildman–Crippen LogP) is 0.521. The summed E-state index contributed by atoms with van der Waals surface area (Å²) in [5.41, 5.74) is 1.15. The minimum absolute atomic E-state index is 0.174. The zero-order valence-electron chi connectivity index (χ0n) is 11.4. The molecule has 2 N–H and O–H groups in total. The van der Waals surface area contributed by atoms with Crippen LogP contribution in [0.5, 0.6) is 11.5 Å². The lowest BCUT2D eigenvalue weighted by atomic mass is 10.1. The molecule has 0 bridgehead atoms. The normalized spacial score (nSPS) is 12.2. The zero-order valence-corrected chi connectivity index (χ0v) is 11.4. The molecule has 0 aliphatic heterocycles. The molecule has 20 heavy (non-hydrogen) atoms. The van der Waals surface area contributed by atoms with Gasteiger partial charge in [0.05, 0.1) is 39.7 Å². The number of rotatable bonds is 6. The van der Waals surface area contributed by atoms with Crippen molar-refractivity contribution >= 4 is 0 Å². The van der Waals surface area contributed by atoms with Crippen molar-refractivity contribution in [2.24, 2.45) is 0 Å². The summed E-state index contributed by atoms with van der Waals surface area (Å²) in [6.45, 7) is 0.0644. The lowest BCUT2D eigenvalue weighted by Crippen LogP contribution is -2.09. The van der Waals surface area contributed by atoms with Crippen molar-refractivity contribution < 1.29 is 19.7 Å². The number of aromatic nitrogens is 3. The van der Waals surface area contributed by atoms with Gasteiger partial charge in [-0.25, -0.2) is 4.68 Å². The van der Waals surface area contributed by atoms with Crippen LogP contribution in [0.15, 0.2) is 24.4 Å². The van der Waals surface area contributed by atoms with Gasteiger partial charge >= 0.3 is 0 Å². The first-order valence-electron chi connectivity index (χ1n) is 6.07. The highest BCUT2D eigenvalue weighted by Crippen LogP contribution is 2.30. The second-order valence-corrected chi connectivity index (χ2v) is 4.22. The molecule has 108 valence electrons.